The number of allylic oxidation sites excluding steroid dienone is 2. The molecule has 3 rings (SSSR count). The Labute approximate surface area is 193 Å². The molecule has 1 aromatic heterocycles. The second-order valence-electron chi connectivity index (χ2n) is 7.93. The quantitative estimate of drug-likeness (QED) is 0.216. The average Bonchev–Trinajstić information content (AvgIpc) is 2.59. The Morgan fingerprint density at radius 3 is 2.33 bits per heavy atom. The summed E-state index contributed by atoms with van der Waals surface area (Å²) in [4.78, 5) is 15.0. The van der Waals surface area contributed by atoms with Crippen molar-refractivity contribution in [2.24, 2.45) is 5.92 Å². The van der Waals surface area contributed by atoms with Gasteiger partial charge in [0, 0.05) is 31.9 Å². The zero-order chi connectivity index (χ0) is 21.6. The van der Waals surface area contributed by atoms with E-state index in [1.165, 1.54) is 36.3 Å². The largest absolute Gasteiger partial charge is 0.512 e. The molecule has 0 aliphatic heterocycles. The van der Waals surface area contributed by atoms with E-state index in [9.17, 15) is 4.79 Å². The van der Waals surface area contributed by atoms with E-state index in [1.54, 1.807) is 0 Å². The smallest absolute Gasteiger partial charge is 0.155 e. The number of benzene rings is 2. The van der Waals surface area contributed by atoms with Gasteiger partial charge in [-0.25, -0.2) is 0 Å². The first-order chi connectivity index (χ1) is 13.7. The van der Waals surface area contributed by atoms with Gasteiger partial charge >= 0.3 is 0 Å². The van der Waals surface area contributed by atoms with Crippen LogP contribution in [-0.4, -0.2) is 15.9 Å². The van der Waals surface area contributed by atoms with Crippen molar-refractivity contribution in [3.05, 3.63) is 77.2 Å². The molecule has 30 heavy (non-hydrogen) atoms. The maximum Gasteiger partial charge on any atom is 0.155 e. The molecule has 2 aromatic carbocycles. The van der Waals surface area contributed by atoms with E-state index < -0.39 is 0 Å². The first-order valence-electron chi connectivity index (χ1n) is 9.93. The fourth-order valence-corrected chi connectivity index (χ4v) is 3.30. The molecule has 161 valence electrons. The predicted octanol–water partition coefficient (Wildman–Crippen LogP) is 6.55. The molecule has 0 aliphatic rings. The zero-order valence-electron chi connectivity index (χ0n) is 18.5. The van der Waals surface area contributed by atoms with Gasteiger partial charge in [0.05, 0.1) is 5.76 Å². The number of aryl methyl sites for hydroxylation is 2. The van der Waals surface area contributed by atoms with Crippen LogP contribution in [0.15, 0.2) is 54.3 Å². The Hall–Kier alpha value is -2.29. The Kier molecular flexibility index (Phi) is 10.1. The van der Waals surface area contributed by atoms with Gasteiger partial charge in [-0.2, -0.15) is 0 Å². The molecule has 0 amide bonds. The van der Waals surface area contributed by atoms with Crippen molar-refractivity contribution >= 4 is 16.6 Å². The number of carbonyl (C=O) groups is 1. The van der Waals surface area contributed by atoms with Gasteiger partial charge in [0.25, 0.3) is 0 Å². The summed E-state index contributed by atoms with van der Waals surface area (Å²) in [6, 6.07) is 18.5. The van der Waals surface area contributed by atoms with E-state index in [1.807, 2.05) is 0 Å². The van der Waals surface area contributed by atoms with Gasteiger partial charge in [0.2, 0.25) is 0 Å². The van der Waals surface area contributed by atoms with E-state index in [0.717, 1.165) is 28.9 Å². The van der Waals surface area contributed by atoms with Crippen LogP contribution in [0.1, 0.15) is 44.5 Å². The first kappa shape index (κ1) is 25.7. The summed E-state index contributed by atoms with van der Waals surface area (Å²) in [6.07, 6.45) is 2.17. The van der Waals surface area contributed by atoms with E-state index in [4.69, 9.17) is 10.1 Å². The molecule has 4 heteroatoms. The minimum Gasteiger partial charge on any atom is -0.512 e. The standard InChI is InChI=1S/C21H22N.C5H8O2.Ir/c1-14(2)9-19-13-17-7-5-6-8-20(17)21(22-19)18-11-15(3)10-16(4)12-18;1-4(6)3-5(2)7;/h5-8,10-11,13-14H,9H2,1-4H3;3,6H,1-2H3;/q-1;;/b;4-3-;. The molecule has 0 unspecified atom stereocenters. The molecule has 0 aliphatic carbocycles. The fraction of sp³-hybridized carbons (Fsp3) is 0.308. The normalized spacial score (nSPS) is 11.0. The van der Waals surface area contributed by atoms with E-state index in [0.29, 0.717) is 5.92 Å². The van der Waals surface area contributed by atoms with E-state index >= 15 is 0 Å². The van der Waals surface area contributed by atoms with Crippen LogP contribution in [0.4, 0.5) is 0 Å². The van der Waals surface area contributed by atoms with Gasteiger partial charge in [0.15, 0.2) is 5.78 Å². The monoisotopic (exact) mass is 581 g/mol. The van der Waals surface area contributed by atoms with Gasteiger partial charge in [-0.1, -0.05) is 52.0 Å². The van der Waals surface area contributed by atoms with Gasteiger partial charge in [-0.15, -0.1) is 34.9 Å². The number of ketones is 1. The summed E-state index contributed by atoms with van der Waals surface area (Å²) < 4.78 is 0. The molecule has 0 fully saturated rings. The molecule has 0 spiro atoms. The third-order valence-corrected chi connectivity index (χ3v) is 4.23. The topological polar surface area (TPSA) is 50.2 Å². The molecule has 0 saturated carbocycles. The Morgan fingerprint density at radius 1 is 1.13 bits per heavy atom. The van der Waals surface area contributed by atoms with Gasteiger partial charge in [-0.05, 0) is 48.7 Å². The second-order valence-corrected chi connectivity index (χ2v) is 7.93. The molecular weight excluding hydrogens is 551 g/mol. The Balaban J connectivity index is 0.000000489. The molecule has 0 bridgehead atoms. The number of aliphatic hydroxyl groups excluding tert-OH is 1. The van der Waals surface area contributed by atoms with Crippen molar-refractivity contribution in [3.63, 3.8) is 0 Å². The maximum absolute atomic E-state index is 10.0. The van der Waals surface area contributed by atoms with Crippen LogP contribution in [0.5, 0.6) is 0 Å². The molecule has 3 aromatic rings. The Bertz CT molecular complexity index is 1010. The van der Waals surface area contributed by atoms with Crippen LogP contribution < -0.4 is 0 Å². The minimum absolute atomic E-state index is 0. The summed E-state index contributed by atoms with van der Waals surface area (Å²) in [5.41, 5.74) is 5.73. The number of aromatic nitrogens is 1. The maximum atomic E-state index is 10.0. The summed E-state index contributed by atoms with van der Waals surface area (Å²) >= 11 is 0. The van der Waals surface area contributed by atoms with Crippen LogP contribution >= 0.6 is 0 Å². The molecular formula is C26H30IrNO2-. The van der Waals surface area contributed by atoms with Crippen molar-refractivity contribution in [1.82, 2.24) is 4.98 Å². The summed E-state index contributed by atoms with van der Waals surface area (Å²) in [5.74, 6) is 0.539. The molecule has 1 N–H and O–H groups in total. The number of hydrogen-bond acceptors (Lipinski definition) is 3. The number of aliphatic hydroxyl groups is 1. The Morgan fingerprint density at radius 2 is 1.80 bits per heavy atom. The minimum atomic E-state index is -0.125. The summed E-state index contributed by atoms with van der Waals surface area (Å²) in [6.45, 7) is 11.5. The predicted molar refractivity (Wildman–Crippen MR) is 121 cm³/mol. The average molecular weight is 581 g/mol. The van der Waals surface area contributed by atoms with Crippen molar-refractivity contribution in [2.75, 3.05) is 0 Å². The van der Waals surface area contributed by atoms with Gasteiger partial charge < -0.3 is 10.1 Å². The zero-order valence-corrected chi connectivity index (χ0v) is 20.9. The van der Waals surface area contributed by atoms with Gasteiger partial charge in [0.1, 0.15) is 0 Å². The van der Waals surface area contributed by atoms with Gasteiger partial charge in [-0.3, -0.25) is 4.79 Å². The van der Waals surface area contributed by atoms with E-state index in [2.05, 4.69) is 76.2 Å². The van der Waals surface area contributed by atoms with Crippen molar-refractivity contribution in [3.8, 4) is 11.3 Å². The molecule has 1 radical (unpaired) electrons. The molecule has 0 saturated heterocycles. The van der Waals surface area contributed by atoms with Crippen LogP contribution in [0.2, 0.25) is 0 Å². The number of carbonyl (C=O) groups excluding carboxylic acids is 1. The second kappa shape index (κ2) is 11.8. The molecule has 0 atom stereocenters. The van der Waals surface area contributed by atoms with E-state index in [-0.39, 0.29) is 31.6 Å². The third-order valence-electron chi connectivity index (χ3n) is 4.23. The summed E-state index contributed by atoms with van der Waals surface area (Å²) in [7, 11) is 0. The number of fused-ring (bicyclic) bond motifs is 1. The first-order valence-corrected chi connectivity index (χ1v) is 9.93. The SMILES string of the molecule is CC(=O)/C=C(/C)O.Cc1[c-]c(-c2nc(CC(C)C)cc3ccccc23)cc(C)c1.[Ir]. The number of rotatable bonds is 4. The van der Waals surface area contributed by atoms with Crippen LogP contribution in [-0.2, 0) is 31.3 Å². The van der Waals surface area contributed by atoms with Crippen LogP contribution in [0, 0.1) is 25.8 Å². The van der Waals surface area contributed by atoms with Crippen molar-refractivity contribution in [1.29, 1.82) is 0 Å². The molecule has 3 nitrogen and oxygen atoms in total. The number of hydrogen-bond donors (Lipinski definition) is 1. The third kappa shape index (κ3) is 7.85. The van der Waals surface area contributed by atoms with Crippen LogP contribution in [0.25, 0.3) is 22.0 Å². The summed E-state index contributed by atoms with van der Waals surface area (Å²) in [5, 5.41) is 10.8. The van der Waals surface area contributed by atoms with Crippen molar-refractivity contribution < 1.29 is 30.0 Å². The van der Waals surface area contributed by atoms with Crippen molar-refractivity contribution in [2.45, 2.75) is 48.0 Å². The fourth-order valence-electron chi connectivity index (χ4n) is 3.30. The number of pyridine rings is 1. The number of nitrogens with zero attached hydrogens (tertiary/aromatic N) is 1. The molecule has 1 heterocycles. The van der Waals surface area contributed by atoms with Crippen LogP contribution in [0.3, 0.4) is 0 Å².